The molecule has 1 aliphatic heterocycles. The van der Waals surface area contributed by atoms with E-state index in [-0.39, 0.29) is 5.91 Å². The van der Waals surface area contributed by atoms with Crippen LogP contribution in [-0.2, 0) is 4.79 Å². The Morgan fingerprint density at radius 1 is 1.27 bits per heavy atom. The van der Waals surface area contributed by atoms with Crippen LogP contribution < -0.4 is 4.90 Å². The van der Waals surface area contributed by atoms with E-state index in [0.29, 0.717) is 19.9 Å². The second-order valence-electron chi connectivity index (χ2n) is 4.73. The third kappa shape index (κ3) is 2.92. The summed E-state index contributed by atoms with van der Waals surface area (Å²) < 4.78 is 0.505. The van der Waals surface area contributed by atoms with E-state index < -0.39 is 0 Å². The number of anilines is 1. The molecule has 0 bridgehead atoms. The summed E-state index contributed by atoms with van der Waals surface area (Å²) in [6, 6.07) is 9.17. The van der Waals surface area contributed by atoms with Crippen molar-refractivity contribution >= 4 is 57.6 Å². The van der Waals surface area contributed by atoms with Crippen molar-refractivity contribution in [2.24, 2.45) is 0 Å². The summed E-state index contributed by atoms with van der Waals surface area (Å²) in [6.07, 6.45) is 5.19. The molecule has 2 heterocycles. The molecule has 0 radical (unpaired) electrons. The quantitative estimate of drug-likeness (QED) is 0.594. The fourth-order valence-electron chi connectivity index (χ4n) is 2.02. The summed E-state index contributed by atoms with van der Waals surface area (Å²) in [4.78, 5) is 18.7. The number of thiocarbonyl (C=S) groups is 1. The molecule has 3 rings (SSSR count). The number of hydrogen-bond donors (Lipinski definition) is 0. The minimum Gasteiger partial charge on any atom is -0.268 e. The molecule has 0 aliphatic carbocycles. The van der Waals surface area contributed by atoms with Crippen molar-refractivity contribution in [1.29, 1.82) is 0 Å². The van der Waals surface area contributed by atoms with Crippen LogP contribution in [0.5, 0.6) is 0 Å². The minimum absolute atomic E-state index is 0.133. The van der Waals surface area contributed by atoms with Crippen LogP contribution in [0.3, 0.4) is 0 Å². The Hall–Kier alpha value is -1.69. The third-order valence-corrected chi connectivity index (χ3v) is 4.92. The predicted molar refractivity (Wildman–Crippen MR) is 96.1 cm³/mol. The van der Waals surface area contributed by atoms with E-state index in [1.807, 2.05) is 37.3 Å². The van der Waals surface area contributed by atoms with Crippen molar-refractivity contribution in [2.75, 3.05) is 4.90 Å². The first-order valence-electron chi connectivity index (χ1n) is 6.50. The zero-order valence-electron chi connectivity index (χ0n) is 11.6. The van der Waals surface area contributed by atoms with Gasteiger partial charge in [-0.3, -0.25) is 14.7 Å². The van der Waals surface area contributed by atoms with Gasteiger partial charge in [0.15, 0.2) is 4.32 Å². The Labute approximate surface area is 143 Å². The molecule has 0 saturated carbocycles. The summed E-state index contributed by atoms with van der Waals surface area (Å²) in [6.45, 7) is 1.92. The number of thioether (sulfide) groups is 1. The van der Waals surface area contributed by atoms with Crippen LogP contribution in [0, 0.1) is 6.92 Å². The average molecular weight is 347 g/mol. The molecule has 0 spiro atoms. The largest absolute Gasteiger partial charge is 0.270 e. The maximum absolute atomic E-state index is 12.6. The van der Waals surface area contributed by atoms with Crippen LogP contribution in [0.15, 0.2) is 47.6 Å². The van der Waals surface area contributed by atoms with E-state index in [4.69, 9.17) is 23.8 Å². The van der Waals surface area contributed by atoms with Gasteiger partial charge in [0.05, 0.1) is 10.6 Å². The van der Waals surface area contributed by atoms with Gasteiger partial charge in [0, 0.05) is 17.4 Å². The number of carbonyl (C=O) groups excluding carboxylic acids is 1. The van der Waals surface area contributed by atoms with Crippen molar-refractivity contribution < 1.29 is 4.79 Å². The molecule has 1 aromatic carbocycles. The number of amides is 1. The van der Waals surface area contributed by atoms with Gasteiger partial charge in [-0.05, 0) is 48.4 Å². The smallest absolute Gasteiger partial charge is 0.268 e. The number of aryl methyl sites for hydroxylation is 1. The van der Waals surface area contributed by atoms with Gasteiger partial charge in [0.1, 0.15) is 0 Å². The number of rotatable bonds is 2. The fourth-order valence-corrected chi connectivity index (χ4v) is 3.50. The highest BCUT2D eigenvalue weighted by molar-refractivity contribution is 8.27. The van der Waals surface area contributed by atoms with Gasteiger partial charge in [0.2, 0.25) is 0 Å². The summed E-state index contributed by atoms with van der Waals surface area (Å²) in [5, 5.41) is 0.615. The molecule has 1 aromatic heterocycles. The first-order chi connectivity index (χ1) is 10.6. The Balaban J connectivity index is 1.95. The number of carbonyl (C=O) groups is 1. The standard InChI is InChI=1S/C16H11ClN2OS2/c1-10-2-3-12(9-13(10)17)19-15(20)14(22-16(19)21)8-11-4-6-18-7-5-11/h2-9H,1H3/b14-8+. The molecule has 1 fully saturated rings. The van der Waals surface area contributed by atoms with Crippen LogP contribution in [-0.4, -0.2) is 15.2 Å². The summed E-state index contributed by atoms with van der Waals surface area (Å²) >= 11 is 12.8. The molecule has 110 valence electrons. The molecule has 1 aliphatic rings. The zero-order valence-corrected chi connectivity index (χ0v) is 14.0. The van der Waals surface area contributed by atoms with E-state index in [9.17, 15) is 4.79 Å². The minimum atomic E-state index is -0.133. The second kappa shape index (κ2) is 6.20. The van der Waals surface area contributed by atoms with E-state index in [0.717, 1.165) is 11.1 Å². The normalized spacial score (nSPS) is 16.6. The van der Waals surface area contributed by atoms with Crippen LogP contribution >= 0.6 is 35.6 Å². The highest BCUT2D eigenvalue weighted by Gasteiger charge is 2.33. The van der Waals surface area contributed by atoms with E-state index in [1.54, 1.807) is 18.5 Å². The molecule has 6 heteroatoms. The first-order valence-corrected chi connectivity index (χ1v) is 8.10. The van der Waals surface area contributed by atoms with E-state index in [1.165, 1.54) is 16.7 Å². The van der Waals surface area contributed by atoms with Crippen LogP contribution in [0.25, 0.3) is 6.08 Å². The number of pyridine rings is 1. The summed E-state index contributed by atoms with van der Waals surface area (Å²) in [7, 11) is 0. The molecule has 0 N–H and O–H groups in total. The highest BCUT2D eigenvalue weighted by Crippen LogP contribution is 2.37. The molecule has 0 atom stereocenters. The Bertz CT molecular complexity index is 790. The number of halogens is 1. The summed E-state index contributed by atoms with van der Waals surface area (Å²) in [5.74, 6) is -0.133. The monoisotopic (exact) mass is 346 g/mol. The molecule has 1 saturated heterocycles. The average Bonchev–Trinajstić information content (AvgIpc) is 2.78. The van der Waals surface area contributed by atoms with Gasteiger partial charge in [-0.1, -0.05) is 41.6 Å². The van der Waals surface area contributed by atoms with Crippen molar-refractivity contribution in [1.82, 2.24) is 4.98 Å². The molecular weight excluding hydrogens is 336 g/mol. The van der Waals surface area contributed by atoms with Gasteiger partial charge in [0.25, 0.3) is 5.91 Å². The Morgan fingerprint density at radius 3 is 2.68 bits per heavy atom. The maximum Gasteiger partial charge on any atom is 0.270 e. The molecule has 2 aromatic rings. The lowest BCUT2D eigenvalue weighted by Crippen LogP contribution is -2.27. The lowest BCUT2D eigenvalue weighted by Gasteiger charge is -2.15. The van der Waals surface area contributed by atoms with Gasteiger partial charge < -0.3 is 0 Å². The predicted octanol–water partition coefficient (Wildman–Crippen LogP) is 4.45. The van der Waals surface area contributed by atoms with Crippen molar-refractivity contribution in [2.45, 2.75) is 6.92 Å². The van der Waals surface area contributed by atoms with Crippen LogP contribution in [0.4, 0.5) is 5.69 Å². The maximum atomic E-state index is 12.6. The number of aromatic nitrogens is 1. The van der Waals surface area contributed by atoms with Crippen molar-refractivity contribution in [3.8, 4) is 0 Å². The second-order valence-corrected chi connectivity index (χ2v) is 6.81. The Kier molecular flexibility index (Phi) is 4.29. The zero-order chi connectivity index (χ0) is 15.7. The number of hydrogen-bond acceptors (Lipinski definition) is 4. The molecule has 22 heavy (non-hydrogen) atoms. The van der Waals surface area contributed by atoms with Gasteiger partial charge in [-0.2, -0.15) is 0 Å². The lowest BCUT2D eigenvalue weighted by molar-refractivity contribution is -0.113. The summed E-state index contributed by atoms with van der Waals surface area (Å²) in [5.41, 5.74) is 2.57. The van der Waals surface area contributed by atoms with Crippen LogP contribution in [0.2, 0.25) is 5.02 Å². The third-order valence-electron chi connectivity index (χ3n) is 3.21. The molecule has 1 amide bonds. The number of benzene rings is 1. The first kappa shape index (κ1) is 15.2. The van der Waals surface area contributed by atoms with E-state index >= 15 is 0 Å². The Morgan fingerprint density at radius 2 is 2.00 bits per heavy atom. The molecular formula is C16H11ClN2OS2. The molecule has 0 unspecified atom stereocenters. The molecule has 3 nitrogen and oxygen atoms in total. The topological polar surface area (TPSA) is 33.2 Å². The highest BCUT2D eigenvalue weighted by atomic mass is 35.5. The van der Waals surface area contributed by atoms with Gasteiger partial charge in [-0.15, -0.1) is 0 Å². The van der Waals surface area contributed by atoms with E-state index in [2.05, 4.69) is 4.98 Å². The van der Waals surface area contributed by atoms with Gasteiger partial charge in [-0.25, -0.2) is 0 Å². The van der Waals surface area contributed by atoms with Gasteiger partial charge >= 0.3 is 0 Å². The number of nitrogens with zero attached hydrogens (tertiary/aromatic N) is 2. The van der Waals surface area contributed by atoms with Crippen molar-refractivity contribution in [3.63, 3.8) is 0 Å². The lowest BCUT2D eigenvalue weighted by atomic mass is 10.2. The SMILES string of the molecule is Cc1ccc(N2C(=O)/C(=C\c3ccncc3)SC2=S)cc1Cl. The fraction of sp³-hybridized carbons (Fsp3) is 0.0625. The van der Waals surface area contributed by atoms with Crippen molar-refractivity contribution in [3.05, 3.63) is 63.8 Å². The van der Waals surface area contributed by atoms with Crippen LogP contribution in [0.1, 0.15) is 11.1 Å².